The van der Waals surface area contributed by atoms with Crippen molar-refractivity contribution in [2.75, 3.05) is 7.05 Å². The molecule has 4 heteroatoms. The van der Waals surface area contributed by atoms with Gasteiger partial charge in [0.15, 0.2) is 5.82 Å². The fraction of sp³-hybridized carbons (Fsp3) is 0.571. The number of aliphatic imine (C=N–C) groups is 1. The molecule has 1 heterocycles. The lowest BCUT2D eigenvalue weighted by Crippen LogP contribution is -1.98. The lowest BCUT2D eigenvalue weighted by Gasteiger charge is -1.91. The van der Waals surface area contributed by atoms with Crippen LogP contribution in [-0.4, -0.2) is 22.9 Å². The maximum absolute atomic E-state index is 4.92. The van der Waals surface area contributed by atoms with Crippen molar-refractivity contribution < 1.29 is 4.52 Å². The zero-order chi connectivity index (χ0) is 8.27. The Morgan fingerprint density at radius 2 is 2.36 bits per heavy atom. The Morgan fingerprint density at radius 1 is 1.64 bits per heavy atom. The van der Waals surface area contributed by atoms with Crippen LogP contribution in [0.5, 0.6) is 0 Å². The second-order valence-electron chi connectivity index (χ2n) is 2.17. The third-order valence-corrected chi connectivity index (χ3v) is 1.38. The van der Waals surface area contributed by atoms with Gasteiger partial charge in [-0.05, 0) is 13.3 Å². The highest BCUT2D eigenvalue weighted by atomic mass is 16.5. The maximum atomic E-state index is 4.92. The highest BCUT2D eigenvalue weighted by Gasteiger charge is 2.07. The first-order chi connectivity index (χ1) is 5.27. The van der Waals surface area contributed by atoms with E-state index in [1.807, 2.05) is 6.92 Å². The van der Waals surface area contributed by atoms with Crippen LogP contribution < -0.4 is 0 Å². The van der Waals surface area contributed by atoms with Crippen LogP contribution in [0.3, 0.4) is 0 Å². The molecule has 0 amide bonds. The van der Waals surface area contributed by atoms with E-state index in [0.717, 1.165) is 12.1 Å². The van der Waals surface area contributed by atoms with Crippen molar-refractivity contribution in [3.63, 3.8) is 0 Å². The molecule has 0 unspecified atom stereocenters. The van der Waals surface area contributed by atoms with Gasteiger partial charge in [-0.25, -0.2) is 0 Å². The molecule has 0 fully saturated rings. The summed E-state index contributed by atoms with van der Waals surface area (Å²) in [4.78, 5) is 8.05. The van der Waals surface area contributed by atoms with Crippen LogP contribution in [0.15, 0.2) is 9.52 Å². The molecule has 0 saturated heterocycles. The molecule has 0 aliphatic carbocycles. The molecule has 1 aromatic rings. The van der Waals surface area contributed by atoms with Gasteiger partial charge in [0, 0.05) is 7.05 Å². The molecule has 0 bridgehead atoms. The van der Waals surface area contributed by atoms with Crippen molar-refractivity contribution in [2.24, 2.45) is 4.99 Å². The number of nitrogens with zero attached hydrogens (tertiary/aromatic N) is 3. The molecule has 1 aromatic heterocycles. The third-order valence-electron chi connectivity index (χ3n) is 1.38. The summed E-state index contributed by atoms with van der Waals surface area (Å²) in [6, 6.07) is 0. The van der Waals surface area contributed by atoms with Gasteiger partial charge >= 0.3 is 0 Å². The molecule has 0 spiro atoms. The summed E-state index contributed by atoms with van der Waals surface area (Å²) in [7, 11) is 1.72. The average molecular weight is 153 g/mol. The maximum Gasteiger partial charge on any atom is 0.271 e. The molecule has 0 aliphatic rings. The molecule has 0 aromatic carbocycles. The minimum absolute atomic E-state index is 0.535. The van der Waals surface area contributed by atoms with Gasteiger partial charge in [0.1, 0.15) is 0 Å². The lowest BCUT2D eigenvalue weighted by molar-refractivity contribution is 0.405. The van der Waals surface area contributed by atoms with Crippen molar-refractivity contribution in [3.05, 3.63) is 11.7 Å². The van der Waals surface area contributed by atoms with Gasteiger partial charge in [0.25, 0.3) is 5.89 Å². The molecule has 1 rings (SSSR count). The first-order valence-corrected chi connectivity index (χ1v) is 3.54. The second kappa shape index (κ2) is 3.27. The smallest absolute Gasteiger partial charge is 0.271 e. The molecule has 0 atom stereocenters. The second-order valence-corrected chi connectivity index (χ2v) is 2.17. The highest BCUT2D eigenvalue weighted by molar-refractivity contribution is 5.96. The third kappa shape index (κ3) is 1.63. The van der Waals surface area contributed by atoms with E-state index in [1.54, 1.807) is 14.0 Å². The molecule has 4 nitrogen and oxygen atoms in total. The zero-order valence-corrected chi connectivity index (χ0v) is 6.96. The predicted molar refractivity (Wildman–Crippen MR) is 41.8 cm³/mol. The number of hydrogen-bond acceptors (Lipinski definition) is 4. The Labute approximate surface area is 65.3 Å². The number of aryl methyl sites for hydroxylation is 1. The summed E-state index contributed by atoms with van der Waals surface area (Å²) in [5, 5.41) is 3.67. The summed E-state index contributed by atoms with van der Waals surface area (Å²) < 4.78 is 4.92. The Hall–Kier alpha value is -1.19. The molecule has 60 valence electrons. The van der Waals surface area contributed by atoms with E-state index in [-0.39, 0.29) is 0 Å². The first-order valence-electron chi connectivity index (χ1n) is 3.54. The van der Waals surface area contributed by atoms with Gasteiger partial charge in [-0.1, -0.05) is 12.1 Å². The van der Waals surface area contributed by atoms with Crippen molar-refractivity contribution in [1.82, 2.24) is 10.1 Å². The van der Waals surface area contributed by atoms with Crippen LogP contribution in [0.1, 0.15) is 25.1 Å². The Bertz CT molecular complexity index is 264. The van der Waals surface area contributed by atoms with E-state index in [2.05, 4.69) is 15.1 Å². The highest BCUT2D eigenvalue weighted by Crippen LogP contribution is 2.00. The molecule has 0 saturated carbocycles. The number of rotatable bonds is 2. The Kier molecular flexibility index (Phi) is 2.36. The molecule has 0 aliphatic heterocycles. The summed E-state index contributed by atoms with van der Waals surface area (Å²) >= 11 is 0. The first kappa shape index (κ1) is 7.91. The van der Waals surface area contributed by atoms with Crippen molar-refractivity contribution in [1.29, 1.82) is 0 Å². The van der Waals surface area contributed by atoms with E-state index >= 15 is 0 Å². The van der Waals surface area contributed by atoms with Gasteiger partial charge in [0.2, 0.25) is 0 Å². The van der Waals surface area contributed by atoms with E-state index in [0.29, 0.717) is 11.7 Å². The van der Waals surface area contributed by atoms with Crippen LogP contribution in [0.25, 0.3) is 0 Å². The van der Waals surface area contributed by atoms with Crippen LogP contribution >= 0.6 is 0 Å². The number of aromatic nitrogens is 2. The quantitative estimate of drug-likeness (QED) is 0.600. The van der Waals surface area contributed by atoms with Crippen LogP contribution in [0.2, 0.25) is 0 Å². The SMILES string of the molecule is CCC(=NC)c1nc(C)no1. The fourth-order valence-electron chi connectivity index (χ4n) is 0.819. The molecule has 0 N–H and O–H groups in total. The van der Waals surface area contributed by atoms with Gasteiger partial charge in [-0.15, -0.1) is 0 Å². The van der Waals surface area contributed by atoms with Gasteiger partial charge in [-0.3, -0.25) is 4.99 Å². The fourth-order valence-corrected chi connectivity index (χ4v) is 0.819. The monoisotopic (exact) mass is 153 g/mol. The van der Waals surface area contributed by atoms with Crippen molar-refractivity contribution in [3.8, 4) is 0 Å². The minimum Gasteiger partial charge on any atom is -0.333 e. The minimum atomic E-state index is 0.535. The van der Waals surface area contributed by atoms with E-state index in [9.17, 15) is 0 Å². The topological polar surface area (TPSA) is 51.3 Å². The van der Waals surface area contributed by atoms with Gasteiger partial charge < -0.3 is 4.52 Å². The van der Waals surface area contributed by atoms with Crippen LogP contribution in [-0.2, 0) is 0 Å². The Balaban J connectivity index is 2.91. The van der Waals surface area contributed by atoms with E-state index < -0.39 is 0 Å². The predicted octanol–water partition coefficient (Wildman–Crippen LogP) is 1.21. The normalized spacial score (nSPS) is 12.1. The molecular weight excluding hydrogens is 142 g/mol. The average Bonchev–Trinajstić information content (AvgIpc) is 2.39. The number of hydrogen-bond donors (Lipinski definition) is 0. The van der Waals surface area contributed by atoms with E-state index in [1.165, 1.54) is 0 Å². The lowest BCUT2D eigenvalue weighted by atomic mass is 10.3. The summed E-state index contributed by atoms with van der Waals surface area (Å²) in [5.74, 6) is 1.18. The summed E-state index contributed by atoms with van der Waals surface area (Å²) in [5.41, 5.74) is 0.852. The van der Waals surface area contributed by atoms with Gasteiger partial charge in [0.05, 0.1) is 5.71 Å². The van der Waals surface area contributed by atoms with Crippen LogP contribution in [0, 0.1) is 6.92 Å². The largest absolute Gasteiger partial charge is 0.333 e. The van der Waals surface area contributed by atoms with Crippen LogP contribution in [0.4, 0.5) is 0 Å². The van der Waals surface area contributed by atoms with Crippen molar-refractivity contribution >= 4 is 5.71 Å². The Morgan fingerprint density at radius 3 is 2.73 bits per heavy atom. The molecular formula is C7H11N3O. The molecule has 0 radical (unpaired) electrons. The molecule has 11 heavy (non-hydrogen) atoms. The zero-order valence-electron chi connectivity index (χ0n) is 6.96. The summed E-state index contributed by atoms with van der Waals surface area (Å²) in [6.07, 6.45) is 0.818. The van der Waals surface area contributed by atoms with E-state index in [4.69, 9.17) is 4.52 Å². The van der Waals surface area contributed by atoms with Gasteiger partial charge in [-0.2, -0.15) is 4.98 Å². The standard InChI is InChI=1S/C7H11N3O/c1-4-6(8-3)7-9-5(2)10-11-7/h4H2,1-3H3. The van der Waals surface area contributed by atoms with Crippen molar-refractivity contribution in [2.45, 2.75) is 20.3 Å². The summed E-state index contributed by atoms with van der Waals surface area (Å²) in [6.45, 7) is 3.79.